The molecule has 10 heteroatoms. The smallest absolute Gasteiger partial charge is 0.140 e. The maximum Gasteiger partial charge on any atom is 0.559 e. The summed E-state index contributed by atoms with van der Waals surface area (Å²) < 4.78 is 77.5. The van der Waals surface area contributed by atoms with Gasteiger partial charge < -0.3 is 0 Å². The van der Waals surface area contributed by atoms with Crippen LogP contribution in [0.4, 0.5) is 35.1 Å². The summed E-state index contributed by atoms with van der Waals surface area (Å²) in [7, 11) is 0. The highest BCUT2D eigenvalue weighted by molar-refractivity contribution is 14.0. The van der Waals surface area contributed by atoms with Gasteiger partial charge in [-0.05, 0) is 0 Å². The van der Waals surface area contributed by atoms with Gasteiger partial charge in [-0.2, -0.15) is 0 Å². The van der Waals surface area contributed by atoms with Crippen LogP contribution in [0.15, 0.2) is 0 Å². The van der Waals surface area contributed by atoms with Crippen molar-refractivity contribution >= 4 is 48.0 Å². The van der Waals surface area contributed by atoms with Crippen molar-refractivity contribution in [3.8, 4) is 0 Å². The summed E-state index contributed by atoms with van der Waals surface area (Å²) >= 11 is 0. The van der Waals surface area contributed by atoms with Gasteiger partial charge in [0.25, 0.3) is 0 Å². The van der Waals surface area contributed by atoms with Crippen LogP contribution in [0.3, 0.4) is 0 Å². The van der Waals surface area contributed by atoms with E-state index in [0.717, 1.165) is 0 Å². The predicted molar refractivity (Wildman–Crippen MR) is 45.2 cm³/mol. The predicted octanol–water partition coefficient (Wildman–Crippen LogP) is 4.19. The number of hydrogen-bond donors (Lipinski definition) is 0. The Morgan fingerprint density at radius 2 is 0.417 bits per heavy atom. The van der Waals surface area contributed by atoms with E-state index < -0.39 is 12.9 Å². The van der Waals surface area contributed by atoms with E-state index in [1.807, 2.05) is 0 Å². The topological polar surface area (TPSA) is 0 Å². The Balaban J connectivity index is -0.0000000457. The lowest BCUT2D eigenvalue weighted by atomic mass is 11.5. The van der Waals surface area contributed by atoms with E-state index in [0.29, 0.717) is 0 Å². The molecule has 12 heavy (non-hydrogen) atoms. The number of hydrogen-bond acceptors (Lipinski definition) is 0. The molecule has 0 heterocycles. The van der Waals surface area contributed by atoms with Crippen molar-refractivity contribution < 1.29 is 35.1 Å². The van der Waals surface area contributed by atoms with Crippen LogP contribution in [-0.4, -0.2) is 12.9 Å². The zero-order valence-corrected chi connectivity index (χ0v) is 9.50. The summed E-state index contributed by atoms with van der Waals surface area (Å²) in [6.07, 6.45) is -11.0. The lowest BCUT2D eigenvalue weighted by Crippen LogP contribution is -1.92. The Morgan fingerprint density at radius 1 is 0.417 bits per heavy atom. The Morgan fingerprint density at radius 3 is 0.417 bits per heavy atom. The van der Waals surface area contributed by atoms with Crippen LogP contribution < -0.4 is 0 Å². The van der Waals surface area contributed by atoms with Crippen LogP contribution in [-0.2, 0) is 0 Å². The third-order valence-electron chi connectivity index (χ3n) is 0. The molecular formula is C2H2F8I2. The molecule has 0 radical (unpaired) electrons. The Labute approximate surface area is 95.7 Å². The molecule has 0 fully saturated rings. The molecule has 0 aromatic heterocycles. The van der Waals surface area contributed by atoms with Crippen molar-refractivity contribution in [3.05, 3.63) is 0 Å². The van der Waals surface area contributed by atoms with Gasteiger partial charge in [0, 0.05) is 0 Å². The molecule has 0 atom stereocenters. The molecule has 0 bridgehead atoms. The molecule has 0 N–H and O–H groups in total. The first-order valence-electron chi connectivity index (χ1n) is 1.51. The SMILES string of the molecule is FC(F)(F)F.FC(F)(F)F.I.I. The minimum Gasteiger partial charge on any atom is -0.140 e. The standard InChI is InChI=1S/2CF4.2HI/c2*2-1(3,4)5;;/h;;2*1H. The lowest BCUT2D eigenvalue weighted by Gasteiger charge is -1.82. The molecular weight excluding hydrogens is 430 g/mol. The van der Waals surface area contributed by atoms with Crippen LogP contribution in [0, 0.1) is 0 Å². The van der Waals surface area contributed by atoms with Crippen molar-refractivity contribution in [2.24, 2.45) is 0 Å². The molecule has 0 aromatic rings. The molecule has 0 aliphatic heterocycles. The van der Waals surface area contributed by atoms with Gasteiger partial charge in [0.05, 0.1) is 0 Å². The molecule has 0 aromatic carbocycles. The van der Waals surface area contributed by atoms with Gasteiger partial charge in [-0.25, -0.2) is 0 Å². The molecule has 0 aliphatic carbocycles. The summed E-state index contributed by atoms with van der Waals surface area (Å²) in [5.41, 5.74) is 0. The first-order chi connectivity index (χ1) is 4.00. The highest BCUT2D eigenvalue weighted by Crippen LogP contribution is 2.14. The van der Waals surface area contributed by atoms with Crippen LogP contribution in [0.1, 0.15) is 0 Å². The average molecular weight is 432 g/mol. The number of halogens is 10. The van der Waals surface area contributed by atoms with E-state index in [1.165, 1.54) is 0 Å². The van der Waals surface area contributed by atoms with Gasteiger partial charge in [-0.3, -0.25) is 0 Å². The maximum atomic E-state index is 9.69. The van der Waals surface area contributed by atoms with E-state index in [9.17, 15) is 35.1 Å². The van der Waals surface area contributed by atoms with Crippen molar-refractivity contribution in [1.29, 1.82) is 0 Å². The van der Waals surface area contributed by atoms with Gasteiger partial charge >= 0.3 is 12.9 Å². The van der Waals surface area contributed by atoms with Crippen LogP contribution >= 0.6 is 48.0 Å². The zero-order valence-electron chi connectivity index (χ0n) is 4.84. The molecule has 0 amide bonds. The average Bonchev–Trinajstić information content (AvgIpc) is 1.12. The highest BCUT2D eigenvalue weighted by Gasteiger charge is 2.25. The highest BCUT2D eigenvalue weighted by atomic mass is 127. The van der Waals surface area contributed by atoms with Crippen LogP contribution in [0.5, 0.6) is 0 Å². The van der Waals surface area contributed by atoms with Crippen LogP contribution in [0.25, 0.3) is 0 Å². The minimum atomic E-state index is -5.50. The summed E-state index contributed by atoms with van der Waals surface area (Å²) in [6, 6.07) is 0. The van der Waals surface area contributed by atoms with E-state index in [1.54, 1.807) is 0 Å². The third-order valence-corrected chi connectivity index (χ3v) is 0. The molecule has 0 rings (SSSR count). The van der Waals surface area contributed by atoms with Crippen molar-refractivity contribution in [2.45, 2.75) is 12.9 Å². The summed E-state index contributed by atoms with van der Waals surface area (Å²) in [5.74, 6) is 0. The van der Waals surface area contributed by atoms with E-state index in [-0.39, 0.29) is 48.0 Å². The van der Waals surface area contributed by atoms with Crippen molar-refractivity contribution in [3.63, 3.8) is 0 Å². The molecule has 0 aliphatic rings. The Kier molecular flexibility index (Phi) is 16.3. The second kappa shape index (κ2) is 8.50. The van der Waals surface area contributed by atoms with Gasteiger partial charge in [-0.1, -0.05) is 0 Å². The summed E-state index contributed by atoms with van der Waals surface area (Å²) in [6.45, 7) is 0. The van der Waals surface area contributed by atoms with Gasteiger partial charge in [0.1, 0.15) is 0 Å². The largest absolute Gasteiger partial charge is 0.559 e. The molecule has 0 saturated heterocycles. The maximum absolute atomic E-state index is 9.69. The van der Waals surface area contributed by atoms with E-state index >= 15 is 0 Å². The monoisotopic (exact) mass is 432 g/mol. The van der Waals surface area contributed by atoms with Gasteiger partial charge in [0.15, 0.2) is 0 Å². The lowest BCUT2D eigenvalue weighted by molar-refractivity contribution is -0.238. The van der Waals surface area contributed by atoms with E-state index in [2.05, 4.69) is 0 Å². The minimum absolute atomic E-state index is 0. The van der Waals surface area contributed by atoms with Gasteiger partial charge in [-0.15, -0.1) is 83.1 Å². The summed E-state index contributed by atoms with van der Waals surface area (Å²) in [4.78, 5) is 0. The molecule has 0 nitrogen and oxygen atoms in total. The van der Waals surface area contributed by atoms with Crippen LogP contribution in [0.2, 0.25) is 0 Å². The second-order valence-electron chi connectivity index (χ2n) is 0.857. The fraction of sp³-hybridized carbons (Fsp3) is 1.00. The number of rotatable bonds is 0. The first kappa shape index (κ1) is 23.1. The Bertz CT molecular complexity index is 58.0. The molecule has 0 unspecified atom stereocenters. The molecule has 0 saturated carbocycles. The number of alkyl halides is 8. The first-order valence-corrected chi connectivity index (χ1v) is 1.51. The molecule has 0 spiro atoms. The third kappa shape index (κ3) is 1320. The second-order valence-corrected chi connectivity index (χ2v) is 0.857. The summed E-state index contributed by atoms with van der Waals surface area (Å²) in [5, 5.41) is 0. The van der Waals surface area contributed by atoms with Crippen molar-refractivity contribution in [1.82, 2.24) is 0 Å². The Hall–Kier alpha value is 0.900. The molecule has 80 valence electrons. The quantitative estimate of drug-likeness (QED) is 0.398. The van der Waals surface area contributed by atoms with E-state index in [4.69, 9.17) is 0 Å². The van der Waals surface area contributed by atoms with Gasteiger partial charge in [0.2, 0.25) is 0 Å². The zero-order chi connectivity index (χ0) is 9.00. The van der Waals surface area contributed by atoms with Crippen molar-refractivity contribution in [2.75, 3.05) is 0 Å². The normalized spacial score (nSPS) is 10.0. The fourth-order valence-corrected chi connectivity index (χ4v) is 0. The fourth-order valence-electron chi connectivity index (χ4n) is 0.